The van der Waals surface area contributed by atoms with E-state index in [-0.39, 0.29) is 23.3 Å². The number of fused-ring (bicyclic) bond motifs is 1. The Bertz CT molecular complexity index is 1170. The number of nitrogens with zero attached hydrogens (tertiary/aromatic N) is 1. The molecule has 0 aliphatic heterocycles. The van der Waals surface area contributed by atoms with Crippen LogP contribution in [0.3, 0.4) is 0 Å². The van der Waals surface area contributed by atoms with E-state index in [1.54, 1.807) is 6.92 Å². The minimum atomic E-state index is -0.717. The van der Waals surface area contributed by atoms with Gasteiger partial charge in [-0.1, -0.05) is 6.92 Å². The van der Waals surface area contributed by atoms with E-state index in [0.717, 1.165) is 23.3 Å². The van der Waals surface area contributed by atoms with Gasteiger partial charge in [-0.2, -0.15) is 0 Å². The Morgan fingerprint density at radius 1 is 1.29 bits per heavy atom. The number of carbonyl (C=O) groups is 2. The monoisotopic (exact) mass is 442 g/mol. The third-order valence-corrected chi connectivity index (χ3v) is 7.45. The van der Waals surface area contributed by atoms with E-state index >= 15 is 0 Å². The summed E-state index contributed by atoms with van der Waals surface area (Å²) in [6, 6.07) is 3.74. The Morgan fingerprint density at radius 3 is 2.74 bits per heavy atom. The summed E-state index contributed by atoms with van der Waals surface area (Å²) in [4.78, 5) is 47.9. The molecule has 31 heavy (non-hydrogen) atoms. The van der Waals surface area contributed by atoms with Crippen molar-refractivity contribution < 1.29 is 14.7 Å². The van der Waals surface area contributed by atoms with E-state index in [0.29, 0.717) is 47.0 Å². The van der Waals surface area contributed by atoms with Crippen LogP contribution in [0.4, 0.5) is 0 Å². The predicted molar refractivity (Wildman–Crippen MR) is 119 cm³/mol. The van der Waals surface area contributed by atoms with Crippen LogP contribution < -0.4 is 10.9 Å². The molecule has 3 aromatic heterocycles. The van der Waals surface area contributed by atoms with E-state index in [9.17, 15) is 14.4 Å². The van der Waals surface area contributed by atoms with Crippen molar-refractivity contribution >= 4 is 34.2 Å². The highest BCUT2D eigenvalue weighted by Gasteiger charge is 2.26. The molecule has 1 atom stereocenters. The van der Waals surface area contributed by atoms with Crippen molar-refractivity contribution in [1.82, 2.24) is 20.3 Å². The van der Waals surface area contributed by atoms with Gasteiger partial charge in [0.15, 0.2) is 0 Å². The lowest BCUT2D eigenvalue weighted by Gasteiger charge is -2.26. The first-order valence-corrected chi connectivity index (χ1v) is 11.3. The number of aromatic amines is 2. The van der Waals surface area contributed by atoms with Crippen molar-refractivity contribution in [1.29, 1.82) is 0 Å². The third kappa shape index (κ3) is 4.41. The number of aryl methyl sites for hydroxylation is 1. The highest BCUT2D eigenvalue weighted by Crippen LogP contribution is 2.33. The van der Waals surface area contributed by atoms with Crippen LogP contribution in [0.15, 0.2) is 23.1 Å². The molecular formula is C22H26N4O4S. The molecule has 0 aromatic carbocycles. The first-order chi connectivity index (χ1) is 14.8. The number of hydrogen-bond acceptors (Lipinski definition) is 5. The van der Waals surface area contributed by atoms with Crippen molar-refractivity contribution in [3.63, 3.8) is 0 Å². The van der Waals surface area contributed by atoms with E-state index in [2.05, 4.69) is 20.3 Å². The molecule has 1 unspecified atom stereocenters. The summed E-state index contributed by atoms with van der Waals surface area (Å²) in [5.74, 6) is -0.248. The summed E-state index contributed by atoms with van der Waals surface area (Å²) in [5, 5.41) is 12.6. The molecule has 8 nitrogen and oxygen atoms in total. The molecule has 3 aromatic rings. The first kappa shape index (κ1) is 21.3. The number of H-pyrrole nitrogens is 2. The van der Waals surface area contributed by atoms with Gasteiger partial charge in [0, 0.05) is 23.5 Å². The van der Waals surface area contributed by atoms with Crippen LogP contribution in [0.25, 0.3) is 11.0 Å². The topological polar surface area (TPSA) is 128 Å². The molecule has 9 heteroatoms. The number of carbonyl (C=O) groups excluding carboxylic acids is 1. The van der Waals surface area contributed by atoms with Gasteiger partial charge in [0.2, 0.25) is 0 Å². The second-order valence-corrected chi connectivity index (χ2v) is 9.42. The molecule has 1 saturated carbocycles. The quantitative estimate of drug-likeness (QED) is 0.465. The molecule has 1 fully saturated rings. The normalized spacial score (nSPS) is 19.9. The standard InChI is InChI=1S/C22H26N4O4S/c1-11(15-10-23-19-18(15)21(28)26-12(2)25-19)16-7-8-17(31-16)20(27)24-9-13-3-5-14(6-4-13)22(29)30/h7-8,10-11,13-14H,3-6,9H2,1-2H3,(H,24,27)(H,29,30)(H2,23,25,26,28)/t11?,13-,14-. The molecule has 1 aliphatic rings. The highest BCUT2D eigenvalue weighted by atomic mass is 32.1. The molecule has 0 radical (unpaired) electrons. The Hall–Kier alpha value is -2.94. The lowest BCUT2D eigenvalue weighted by Crippen LogP contribution is -2.32. The number of amides is 1. The van der Waals surface area contributed by atoms with Crippen molar-refractivity contribution in [2.75, 3.05) is 6.54 Å². The Kier molecular flexibility index (Phi) is 5.95. The van der Waals surface area contributed by atoms with E-state index in [1.807, 2.05) is 25.3 Å². The van der Waals surface area contributed by atoms with Crippen molar-refractivity contribution in [2.24, 2.45) is 11.8 Å². The van der Waals surface area contributed by atoms with Gasteiger partial charge >= 0.3 is 5.97 Å². The summed E-state index contributed by atoms with van der Waals surface area (Å²) in [7, 11) is 0. The fourth-order valence-corrected chi connectivity index (χ4v) is 5.31. The summed E-state index contributed by atoms with van der Waals surface area (Å²) >= 11 is 1.42. The SMILES string of the molecule is Cc1nc2[nH]cc(C(C)c3ccc(C(=O)NC[C@H]4CC[C@H](C(=O)O)CC4)s3)c2c(=O)[nH]1. The van der Waals surface area contributed by atoms with E-state index in [4.69, 9.17) is 5.11 Å². The minimum absolute atomic E-state index is 0.0581. The largest absolute Gasteiger partial charge is 0.481 e. The first-order valence-electron chi connectivity index (χ1n) is 10.5. The molecule has 3 heterocycles. The van der Waals surface area contributed by atoms with Gasteiger partial charge in [0.05, 0.1) is 16.2 Å². The zero-order valence-electron chi connectivity index (χ0n) is 17.5. The molecule has 4 rings (SSSR count). The van der Waals surface area contributed by atoms with Gasteiger partial charge in [0.1, 0.15) is 11.5 Å². The number of nitrogens with one attached hydrogen (secondary N) is 3. The summed E-state index contributed by atoms with van der Waals surface area (Å²) < 4.78 is 0. The molecular weight excluding hydrogens is 416 g/mol. The smallest absolute Gasteiger partial charge is 0.306 e. The van der Waals surface area contributed by atoms with Crippen molar-refractivity contribution in [3.05, 3.63) is 49.8 Å². The number of carboxylic acids is 1. The molecule has 1 amide bonds. The summed E-state index contributed by atoms with van der Waals surface area (Å²) in [6.07, 6.45) is 4.81. The zero-order chi connectivity index (χ0) is 22.1. The molecule has 0 bridgehead atoms. The Labute approximate surface area is 183 Å². The second-order valence-electron chi connectivity index (χ2n) is 8.31. The van der Waals surface area contributed by atoms with Gasteiger partial charge in [-0.3, -0.25) is 14.4 Å². The van der Waals surface area contributed by atoms with Gasteiger partial charge in [0.25, 0.3) is 11.5 Å². The number of hydrogen-bond donors (Lipinski definition) is 4. The third-order valence-electron chi connectivity index (χ3n) is 6.18. The Morgan fingerprint density at radius 2 is 2.03 bits per heavy atom. The number of rotatable bonds is 6. The molecule has 4 N–H and O–H groups in total. The average Bonchev–Trinajstić information content (AvgIpc) is 3.39. The van der Waals surface area contributed by atoms with Gasteiger partial charge < -0.3 is 20.4 Å². The maximum absolute atomic E-state index is 12.6. The van der Waals surface area contributed by atoms with Gasteiger partial charge in [-0.15, -0.1) is 11.3 Å². The number of carboxylic acid groups (broad SMARTS) is 1. The number of aliphatic carboxylic acids is 1. The van der Waals surface area contributed by atoms with Gasteiger partial charge in [-0.05, 0) is 56.2 Å². The fourth-order valence-electron chi connectivity index (χ4n) is 4.32. The minimum Gasteiger partial charge on any atom is -0.481 e. The molecule has 164 valence electrons. The zero-order valence-corrected chi connectivity index (χ0v) is 18.3. The second kappa shape index (κ2) is 8.66. The Balaban J connectivity index is 1.41. The van der Waals surface area contributed by atoms with E-state index in [1.165, 1.54) is 11.3 Å². The van der Waals surface area contributed by atoms with Crippen LogP contribution in [0.5, 0.6) is 0 Å². The van der Waals surface area contributed by atoms with Crippen molar-refractivity contribution in [3.8, 4) is 0 Å². The molecule has 1 aliphatic carbocycles. The van der Waals surface area contributed by atoms with Crippen LogP contribution in [-0.4, -0.2) is 38.5 Å². The molecule has 0 spiro atoms. The lowest BCUT2D eigenvalue weighted by molar-refractivity contribution is -0.143. The maximum atomic E-state index is 12.6. The maximum Gasteiger partial charge on any atom is 0.306 e. The summed E-state index contributed by atoms with van der Waals surface area (Å²) in [6.45, 7) is 4.32. The fraction of sp³-hybridized carbons (Fsp3) is 0.455. The van der Waals surface area contributed by atoms with Crippen molar-refractivity contribution in [2.45, 2.75) is 45.4 Å². The lowest BCUT2D eigenvalue weighted by atomic mass is 9.82. The van der Waals surface area contributed by atoms with Crippen LogP contribution in [0.2, 0.25) is 0 Å². The highest BCUT2D eigenvalue weighted by molar-refractivity contribution is 7.14. The predicted octanol–water partition coefficient (Wildman–Crippen LogP) is 3.39. The molecule has 0 saturated heterocycles. The van der Waals surface area contributed by atoms with Crippen LogP contribution in [0.1, 0.15) is 64.5 Å². The van der Waals surface area contributed by atoms with Crippen LogP contribution >= 0.6 is 11.3 Å². The van der Waals surface area contributed by atoms with Gasteiger partial charge in [-0.25, -0.2) is 4.98 Å². The van der Waals surface area contributed by atoms with E-state index < -0.39 is 5.97 Å². The number of aromatic nitrogens is 3. The average molecular weight is 443 g/mol. The van der Waals surface area contributed by atoms with Crippen LogP contribution in [0, 0.1) is 18.8 Å². The number of thiophene rings is 1. The summed E-state index contributed by atoms with van der Waals surface area (Å²) in [5.41, 5.74) is 1.25. The van der Waals surface area contributed by atoms with Crippen LogP contribution in [-0.2, 0) is 4.79 Å².